The molecule has 2 heterocycles. The number of ether oxygens (including phenoxy) is 1. The number of hydrogen-bond acceptors (Lipinski definition) is 7. The van der Waals surface area contributed by atoms with Gasteiger partial charge < -0.3 is 25.2 Å². The van der Waals surface area contributed by atoms with Crippen LogP contribution in [0.2, 0.25) is 0 Å². The number of amides is 1. The summed E-state index contributed by atoms with van der Waals surface area (Å²) in [6.07, 6.45) is -2.49. The van der Waals surface area contributed by atoms with E-state index in [4.69, 9.17) is 9.84 Å². The zero-order valence-electron chi connectivity index (χ0n) is 13.3. The van der Waals surface area contributed by atoms with Crippen molar-refractivity contribution in [3.63, 3.8) is 0 Å². The first-order chi connectivity index (χ1) is 11.2. The summed E-state index contributed by atoms with van der Waals surface area (Å²) in [5, 5.41) is 21.1. The number of nitrogens with one attached hydrogen (secondary N) is 1. The van der Waals surface area contributed by atoms with E-state index >= 15 is 0 Å². The number of aliphatic hydroxyl groups is 2. The van der Waals surface area contributed by atoms with Crippen LogP contribution in [0.15, 0.2) is 23.1 Å². The van der Waals surface area contributed by atoms with Gasteiger partial charge >= 0.3 is 5.69 Å². The minimum atomic E-state index is -1.19. The first kappa shape index (κ1) is 18.2. The molecule has 24 heavy (non-hydrogen) atoms. The van der Waals surface area contributed by atoms with Crippen LogP contribution in [0.5, 0.6) is 0 Å². The highest BCUT2D eigenvalue weighted by Crippen LogP contribution is 2.32. The van der Waals surface area contributed by atoms with Crippen LogP contribution in [0.4, 0.5) is 10.2 Å². The van der Waals surface area contributed by atoms with Gasteiger partial charge in [0.25, 0.3) is 0 Å². The number of aliphatic hydroxyl groups excluding tert-OH is 2. The molecular formula is C14H19FN4O5. The molecule has 0 saturated carbocycles. The Morgan fingerprint density at radius 3 is 2.79 bits per heavy atom. The minimum Gasteiger partial charge on any atom is -0.394 e. The van der Waals surface area contributed by atoms with Crippen LogP contribution in [-0.4, -0.2) is 70.0 Å². The van der Waals surface area contributed by atoms with Crippen LogP contribution in [0.1, 0.15) is 6.23 Å². The van der Waals surface area contributed by atoms with Gasteiger partial charge in [-0.1, -0.05) is 6.58 Å². The number of halogens is 1. The average molecular weight is 342 g/mol. The molecule has 1 aromatic heterocycles. The zero-order valence-corrected chi connectivity index (χ0v) is 13.3. The average Bonchev–Trinajstić information content (AvgIpc) is 2.77. The number of anilines is 1. The van der Waals surface area contributed by atoms with E-state index in [9.17, 15) is 19.1 Å². The fourth-order valence-electron chi connectivity index (χ4n) is 2.26. The molecule has 2 rings (SSSR count). The van der Waals surface area contributed by atoms with Crippen LogP contribution in [0, 0.1) is 5.82 Å². The Balaban J connectivity index is 2.26. The van der Waals surface area contributed by atoms with E-state index in [2.05, 4.69) is 16.9 Å². The van der Waals surface area contributed by atoms with Crippen molar-refractivity contribution in [1.82, 2.24) is 14.5 Å². The van der Waals surface area contributed by atoms with Gasteiger partial charge in [-0.3, -0.25) is 9.36 Å². The molecule has 0 aromatic carbocycles. The summed E-state index contributed by atoms with van der Waals surface area (Å²) in [6, 6.07) is 0. The summed E-state index contributed by atoms with van der Waals surface area (Å²) in [6.45, 7) is 3.11. The van der Waals surface area contributed by atoms with Gasteiger partial charge in [0.1, 0.15) is 12.2 Å². The Morgan fingerprint density at radius 1 is 1.58 bits per heavy atom. The number of rotatable bonds is 5. The van der Waals surface area contributed by atoms with Gasteiger partial charge in [-0.15, -0.1) is 0 Å². The quantitative estimate of drug-likeness (QED) is 0.569. The number of carbonyl (C=O) groups excluding carboxylic acids is 1. The third kappa shape index (κ3) is 3.67. The van der Waals surface area contributed by atoms with Gasteiger partial charge in [0.05, 0.1) is 19.3 Å². The number of hydrogen-bond donors (Lipinski definition) is 3. The largest absolute Gasteiger partial charge is 0.394 e. The molecule has 1 amide bonds. The first-order valence-electron chi connectivity index (χ1n) is 7.11. The van der Waals surface area contributed by atoms with Gasteiger partial charge in [0.15, 0.2) is 17.9 Å². The van der Waals surface area contributed by atoms with Crippen molar-refractivity contribution < 1.29 is 24.1 Å². The number of nitrogens with zero attached hydrogens (tertiary/aromatic N) is 3. The molecule has 132 valence electrons. The van der Waals surface area contributed by atoms with Crippen LogP contribution in [0.3, 0.4) is 0 Å². The second-order valence-electron chi connectivity index (χ2n) is 5.64. The van der Waals surface area contributed by atoms with E-state index in [0.717, 1.165) is 10.8 Å². The van der Waals surface area contributed by atoms with Crippen LogP contribution in [0.25, 0.3) is 0 Å². The summed E-state index contributed by atoms with van der Waals surface area (Å²) in [5.74, 6) is -1.97. The lowest BCUT2D eigenvalue weighted by Gasteiger charge is -2.16. The molecule has 0 unspecified atom stereocenters. The highest BCUT2D eigenvalue weighted by atomic mass is 19.1. The van der Waals surface area contributed by atoms with E-state index in [1.54, 1.807) is 19.0 Å². The fourth-order valence-corrected chi connectivity index (χ4v) is 2.26. The van der Waals surface area contributed by atoms with Crippen molar-refractivity contribution in [2.45, 2.75) is 18.4 Å². The molecule has 0 radical (unpaired) electrons. The Labute approximate surface area is 137 Å². The van der Waals surface area contributed by atoms with Crippen molar-refractivity contribution >= 4 is 11.7 Å². The van der Waals surface area contributed by atoms with Gasteiger partial charge in [-0.2, -0.15) is 4.98 Å². The topological polar surface area (TPSA) is 117 Å². The van der Waals surface area contributed by atoms with E-state index < -0.39 is 48.3 Å². The lowest BCUT2D eigenvalue weighted by atomic mass is 10.1. The standard InChI is InChI=1S/C14H19FN4O5/c1-7-11(22)9(6-20)24-13(7)19-4-8(15)12(17-14(19)23)16-10(21)5-18(2)3/h4,9,11,13,20,22H,1,5-6H2,2-3H3,(H,16,17,21,23)/t9-,11+,13-/m1/s1. The maximum Gasteiger partial charge on any atom is 0.352 e. The third-order valence-corrected chi connectivity index (χ3v) is 3.41. The van der Waals surface area contributed by atoms with Gasteiger partial charge in [-0.25, -0.2) is 9.18 Å². The van der Waals surface area contributed by atoms with Gasteiger partial charge in [0, 0.05) is 5.57 Å². The molecule has 3 N–H and O–H groups in total. The van der Waals surface area contributed by atoms with E-state index in [-0.39, 0.29) is 12.1 Å². The Bertz CT molecular complexity index is 705. The lowest BCUT2D eigenvalue weighted by Crippen LogP contribution is -2.32. The highest BCUT2D eigenvalue weighted by molar-refractivity contribution is 5.91. The summed E-state index contributed by atoms with van der Waals surface area (Å²) in [7, 11) is 3.32. The molecule has 9 nitrogen and oxygen atoms in total. The monoisotopic (exact) mass is 342 g/mol. The predicted octanol–water partition coefficient (Wildman–Crippen LogP) is -1.31. The highest BCUT2D eigenvalue weighted by Gasteiger charge is 2.39. The summed E-state index contributed by atoms with van der Waals surface area (Å²) < 4.78 is 20.2. The second-order valence-corrected chi connectivity index (χ2v) is 5.64. The van der Waals surface area contributed by atoms with Crippen LogP contribution >= 0.6 is 0 Å². The minimum absolute atomic E-state index is 0.00286. The van der Waals surface area contributed by atoms with E-state index in [1.807, 2.05) is 0 Å². The predicted molar refractivity (Wildman–Crippen MR) is 81.8 cm³/mol. The Morgan fingerprint density at radius 2 is 2.25 bits per heavy atom. The van der Waals surface area contributed by atoms with E-state index in [1.165, 1.54) is 0 Å². The Hall–Kier alpha value is -2.14. The van der Waals surface area contributed by atoms with Crippen molar-refractivity contribution in [2.75, 3.05) is 32.6 Å². The van der Waals surface area contributed by atoms with Gasteiger partial charge in [-0.05, 0) is 14.1 Å². The maximum atomic E-state index is 14.1. The fraction of sp³-hybridized carbons (Fsp3) is 0.500. The molecule has 1 saturated heterocycles. The third-order valence-electron chi connectivity index (χ3n) is 3.41. The number of likely N-dealkylation sites (N-methyl/N-ethyl adjacent to an activating group) is 1. The first-order valence-corrected chi connectivity index (χ1v) is 7.11. The lowest BCUT2D eigenvalue weighted by molar-refractivity contribution is -0.116. The molecule has 1 aromatic rings. The molecule has 1 fully saturated rings. The molecule has 0 spiro atoms. The Kier molecular flexibility index (Phi) is 5.44. The molecule has 1 aliphatic heterocycles. The summed E-state index contributed by atoms with van der Waals surface area (Å²) >= 11 is 0. The molecule has 3 atom stereocenters. The SMILES string of the molecule is C=C1[C@H](n2cc(F)c(NC(=O)CN(C)C)nc2=O)O[C@H](CO)[C@H]1O. The molecule has 1 aliphatic rings. The summed E-state index contributed by atoms with van der Waals surface area (Å²) in [4.78, 5) is 28.8. The molecule has 10 heteroatoms. The number of carbonyl (C=O) groups is 1. The van der Waals surface area contributed by atoms with Crippen molar-refractivity contribution in [3.8, 4) is 0 Å². The van der Waals surface area contributed by atoms with Crippen LogP contribution < -0.4 is 11.0 Å². The van der Waals surface area contributed by atoms with E-state index in [0.29, 0.717) is 0 Å². The summed E-state index contributed by atoms with van der Waals surface area (Å²) in [5.41, 5.74) is -0.796. The molecular weight excluding hydrogens is 323 g/mol. The van der Waals surface area contributed by atoms with Crippen molar-refractivity contribution in [2.24, 2.45) is 0 Å². The van der Waals surface area contributed by atoms with Gasteiger partial charge in [0.2, 0.25) is 5.91 Å². The molecule has 0 bridgehead atoms. The van der Waals surface area contributed by atoms with Crippen molar-refractivity contribution in [1.29, 1.82) is 0 Å². The smallest absolute Gasteiger partial charge is 0.352 e. The van der Waals surface area contributed by atoms with Crippen molar-refractivity contribution in [3.05, 3.63) is 34.7 Å². The van der Waals surface area contributed by atoms with Crippen LogP contribution in [-0.2, 0) is 9.53 Å². The normalized spacial score (nSPS) is 23.8. The number of aromatic nitrogens is 2. The second kappa shape index (κ2) is 7.18. The maximum absolute atomic E-state index is 14.1. The zero-order chi connectivity index (χ0) is 18.0. The molecule has 0 aliphatic carbocycles.